The maximum Gasteiger partial charge on any atom is 0.204 e. The van der Waals surface area contributed by atoms with Crippen LogP contribution in [0.2, 0.25) is 0 Å². The molecule has 0 saturated heterocycles. The Morgan fingerprint density at radius 1 is 1.03 bits per heavy atom. The number of benzene rings is 3. The molecule has 0 bridgehead atoms. The van der Waals surface area contributed by atoms with Crippen LogP contribution in [0.5, 0.6) is 5.75 Å². The first-order valence-electron chi connectivity index (χ1n) is 10.6. The molecule has 6 heteroatoms. The molecule has 0 radical (unpaired) electrons. The number of thiazole rings is 1. The zero-order chi connectivity index (χ0) is 21.9. The van der Waals surface area contributed by atoms with E-state index in [0.717, 1.165) is 44.1 Å². The Labute approximate surface area is 191 Å². The van der Waals surface area contributed by atoms with Crippen molar-refractivity contribution in [3.63, 3.8) is 0 Å². The molecule has 0 unspecified atom stereocenters. The summed E-state index contributed by atoms with van der Waals surface area (Å²) in [7, 11) is 0. The van der Waals surface area contributed by atoms with Crippen LogP contribution in [0, 0.1) is 13.8 Å². The Morgan fingerprint density at radius 3 is 2.66 bits per heavy atom. The van der Waals surface area contributed by atoms with Gasteiger partial charge in [-0.2, -0.15) is 5.10 Å². The van der Waals surface area contributed by atoms with Gasteiger partial charge >= 0.3 is 0 Å². The minimum absolute atomic E-state index is 0.599. The van der Waals surface area contributed by atoms with Crippen LogP contribution in [-0.2, 0) is 6.54 Å². The lowest BCUT2D eigenvalue weighted by molar-refractivity contribution is 0.300. The lowest BCUT2D eigenvalue weighted by atomic mass is 10.1. The summed E-state index contributed by atoms with van der Waals surface area (Å²) in [5.41, 5.74) is 8.70. The maximum atomic E-state index is 6.02. The van der Waals surface area contributed by atoms with E-state index in [1.165, 1.54) is 11.1 Å². The van der Waals surface area contributed by atoms with Gasteiger partial charge < -0.3 is 9.30 Å². The molecule has 2 heterocycles. The highest BCUT2D eigenvalue weighted by atomic mass is 32.1. The Bertz CT molecular complexity index is 1360. The summed E-state index contributed by atoms with van der Waals surface area (Å²) < 4.78 is 9.39. The van der Waals surface area contributed by atoms with E-state index >= 15 is 0 Å². The molecule has 0 aliphatic rings. The van der Waals surface area contributed by atoms with Crippen molar-refractivity contribution in [2.45, 2.75) is 20.4 Å². The molecule has 5 nitrogen and oxygen atoms in total. The second-order valence-electron chi connectivity index (χ2n) is 7.82. The largest absolute Gasteiger partial charge is 0.492 e. The molecule has 160 valence electrons. The molecule has 0 aliphatic heterocycles. The highest BCUT2D eigenvalue weighted by Crippen LogP contribution is 2.25. The molecule has 32 heavy (non-hydrogen) atoms. The fraction of sp³-hybridized carbons (Fsp3) is 0.154. The molecule has 1 N–H and O–H groups in total. The highest BCUT2D eigenvalue weighted by molar-refractivity contribution is 7.22. The second kappa shape index (κ2) is 8.85. The number of fused-ring (bicyclic) bond motifs is 2. The van der Waals surface area contributed by atoms with Crippen molar-refractivity contribution in [1.29, 1.82) is 0 Å². The Kier molecular flexibility index (Phi) is 5.60. The summed E-state index contributed by atoms with van der Waals surface area (Å²) in [5, 5.41) is 6.39. The van der Waals surface area contributed by atoms with E-state index in [4.69, 9.17) is 4.74 Å². The van der Waals surface area contributed by atoms with Crippen molar-refractivity contribution in [2.75, 3.05) is 12.0 Å². The molecular formula is C26H24N4OS. The second-order valence-corrected chi connectivity index (χ2v) is 8.85. The normalized spacial score (nSPS) is 11.6. The zero-order valence-electron chi connectivity index (χ0n) is 18.1. The number of hydrogen-bond acceptors (Lipinski definition) is 5. The summed E-state index contributed by atoms with van der Waals surface area (Å²) in [4.78, 5) is 4.56. The van der Waals surface area contributed by atoms with Crippen LogP contribution in [0.3, 0.4) is 0 Å². The summed E-state index contributed by atoms with van der Waals surface area (Å²) >= 11 is 1.59. The Morgan fingerprint density at radius 2 is 1.81 bits per heavy atom. The zero-order valence-corrected chi connectivity index (χ0v) is 18.9. The van der Waals surface area contributed by atoms with E-state index in [-0.39, 0.29) is 0 Å². The summed E-state index contributed by atoms with van der Waals surface area (Å²) in [6.07, 6.45) is 3.98. The Hall–Kier alpha value is -3.64. The number of hydrogen-bond donors (Lipinski definition) is 1. The van der Waals surface area contributed by atoms with E-state index in [1.54, 1.807) is 11.3 Å². The van der Waals surface area contributed by atoms with Crippen molar-refractivity contribution < 1.29 is 4.74 Å². The molecule has 3 aromatic carbocycles. The number of hydrazone groups is 1. The van der Waals surface area contributed by atoms with Gasteiger partial charge in [0.15, 0.2) is 0 Å². The average molecular weight is 441 g/mol. The highest BCUT2D eigenvalue weighted by Gasteiger charge is 2.07. The molecule has 5 rings (SSSR count). The molecule has 0 spiro atoms. The lowest BCUT2D eigenvalue weighted by Gasteiger charge is -2.10. The first kappa shape index (κ1) is 20.3. The number of anilines is 1. The van der Waals surface area contributed by atoms with Crippen LogP contribution in [0.4, 0.5) is 5.13 Å². The fourth-order valence-electron chi connectivity index (χ4n) is 3.92. The van der Waals surface area contributed by atoms with Crippen molar-refractivity contribution in [1.82, 2.24) is 9.55 Å². The van der Waals surface area contributed by atoms with E-state index < -0.39 is 0 Å². The van der Waals surface area contributed by atoms with E-state index in [0.29, 0.717) is 6.61 Å². The first-order chi connectivity index (χ1) is 15.7. The van der Waals surface area contributed by atoms with Crippen LogP contribution in [0.1, 0.15) is 16.7 Å². The van der Waals surface area contributed by atoms with Crippen LogP contribution < -0.4 is 10.2 Å². The number of ether oxygens (including phenoxy) is 1. The summed E-state index contributed by atoms with van der Waals surface area (Å²) in [6, 6.07) is 22.8. The summed E-state index contributed by atoms with van der Waals surface area (Å²) in [6.45, 7) is 5.54. The minimum Gasteiger partial charge on any atom is -0.492 e. The van der Waals surface area contributed by atoms with Crippen molar-refractivity contribution in [2.24, 2.45) is 5.10 Å². The fourth-order valence-corrected chi connectivity index (χ4v) is 4.73. The number of para-hydroxylation sites is 2. The maximum absolute atomic E-state index is 6.02. The lowest BCUT2D eigenvalue weighted by Crippen LogP contribution is -2.07. The summed E-state index contributed by atoms with van der Waals surface area (Å²) in [5.74, 6) is 0.917. The standard InChI is InChI=1S/C26H24N4OS/c1-18-13-19(2)15-21(14-18)31-12-11-30-17-20(22-7-3-5-9-24(22)30)16-27-29-26-28-23-8-4-6-10-25(23)32-26/h3-10,13-17H,11-12H2,1-2H3,(H,28,29)/b27-16-. The first-order valence-corrected chi connectivity index (χ1v) is 11.4. The molecule has 0 aliphatic carbocycles. The number of nitrogens with zero attached hydrogens (tertiary/aromatic N) is 3. The Balaban J connectivity index is 1.31. The van der Waals surface area contributed by atoms with Crippen LogP contribution in [0.25, 0.3) is 21.1 Å². The van der Waals surface area contributed by atoms with Crippen molar-refractivity contribution in [3.8, 4) is 5.75 Å². The third kappa shape index (κ3) is 4.36. The van der Waals surface area contributed by atoms with Crippen molar-refractivity contribution in [3.05, 3.63) is 89.6 Å². The van der Waals surface area contributed by atoms with Gasteiger partial charge in [-0.05, 0) is 55.3 Å². The van der Waals surface area contributed by atoms with Crippen molar-refractivity contribution >= 4 is 43.8 Å². The molecule has 0 fully saturated rings. The number of rotatable bonds is 7. The van der Waals surface area contributed by atoms with Gasteiger partial charge in [0.2, 0.25) is 5.13 Å². The third-order valence-electron chi connectivity index (χ3n) is 5.27. The van der Waals surface area contributed by atoms with Gasteiger partial charge in [0, 0.05) is 22.7 Å². The van der Waals surface area contributed by atoms with E-state index in [9.17, 15) is 0 Å². The van der Waals surface area contributed by atoms with Gasteiger partial charge in [-0.15, -0.1) is 0 Å². The van der Waals surface area contributed by atoms with Gasteiger partial charge in [0.1, 0.15) is 12.4 Å². The molecule has 0 atom stereocenters. The predicted molar refractivity (Wildman–Crippen MR) is 134 cm³/mol. The van der Waals surface area contributed by atoms with Gasteiger partial charge in [0.05, 0.1) is 23.0 Å². The van der Waals surface area contributed by atoms with Gasteiger partial charge in [-0.25, -0.2) is 4.98 Å². The van der Waals surface area contributed by atoms with Crippen LogP contribution in [-0.4, -0.2) is 22.4 Å². The molecule has 5 aromatic rings. The van der Waals surface area contributed by atoms with Gasteiger partial charge in [-0.1, -0.05) is 47.7 Å². The monoisotopic (exact) mass is 440 g/mol. The smallest absolute Gasteiger partial charge is 0.204 e. The predicted octanol–water partition coefficient (Wildman–Crippen LogP) is 6.39. The number of aryl methyl sites for hydroxylation is 2. The van der Waals surface area contributed by atoms with E-state index in [1.807, 2.05) is 24.4 Å². The quantitative estimate of drug-likeness (QED) is 0.236. The average Bonchev–Trinajstić information content (AvgIpc) is 3.35. The number of nitrogens with one attached hydrogen (secondary N) is 1. The third-order valence-corrected chi connectivity index (χ3v) is 6.21. The molecule has 0 amide bonds. The minimum atomic E-state index is 0.599. The molecule has 2 aromatic heterocycles. The van der Waals surface area contributed by atoms with Crippen LogP contribution >= 0.6 is 11.3 Å². The van der Waals surface area contributed by atoms with Gasteiger partial charge in [-0.3, -0.25) is 5.43 Å². The number of aromatic nitrogens is 2. The van der Waals surface area contributed by atoms with Gasteiger partial charge in [0.25, 0.3) is 0 Å². The topological polar surface area (TPSA) is 51.4 Å². The molecule has 0 saturated carbocycles. The van der Waals surface area contributed by atoms with Crippen LogP contribution in [0.15, 0.2) is 78.0 Å². The molecular weight excluding hydrogens is 416 g/mol. The van der Waals surface area contributed by atoms with E-state index in [2.05, 4.69) is 88.7 Å². The SMILES string of the molecule is Cc1cc(C)cc(OCCn2cc(/C=N\Nc3nc4ccccc4s3)c3ccccc32)c1.